The smallest absolute Gasteiger partial charge is 0.357 e. The summed E-state index contributed by atoms with van der Waals surface area (Å²) in [6.45, 7) is 5.96. The summed E-state index contributed by atoms with van der Waals surface area (Å²) in [4.78, 5) is 15.6. The second-order valence-corrected chi connectivity index (χ2v) is 4.49. The lowest BCUT2D eigenvalue weighted by molar-refractivity contribution is 0.00627. The van der Waals surface area contributed by atoms with E-state index < -0.39 is 11.6 Å². The molecule has 88 valence electrons. The van der Waals surface area contributed by atoms with Crippen molar-refractivity contribution in [1.29, 1.82) is 0 Å². The van der Waals surface area contributed by atoms with Gasteiger partial charge in [0.05, 0.1) is 6.61 Å². The maximum absolute atomic E-state index is 11.6. The number of ether oxygens (including phenoxy) is 2. The van der Waals surface area contributed by atoms with E-state index in [0.717, 1.165) is 5.56 Å². The van der Waals surface area contributed by atoms with Gasteiger partial charge in [-0.3, -0.25) is 0 Å². The number of hydrogen-bond donors (Lipinski definition) is 0. The van der Waals surface area contributed by atoms with E-state index in [1.165, 1.54) is 0 Å². The van der Waals surface area contributed by atoms with Crippen LogP contribution in [0.4, 0.5) is 0 Å². The molecule has 0 aliphatic carbocycles. The van der Waals surface area contributed by atoms with Gasteiger partial charge in [0.25, 0.3) is 0 Å². The standard InChI is InChI=1S/C12H17NO3/c1-12(2,3)16-11(14)10-6-5-9(7-13-10)8-15-4/h5-7H,8H2,1-4H3. The third kappa shape index (κ3) is 3.98. The van der Waals surface area contributed by atoms with Gasteiger partial charge in [-0.15, -0.1) is 0 Å². The summed E-state index contributed by atoms with van der Waals surface area (Å²) in [6, 6.07) is 3.44. The van der Waals surface area contributed by atoms with Crippen LogP contribution in [0.5, 0.6) is 0 Å². The van der Waals surface area contributed by atoms with Gasteiger partial charge in [0.1, 0.15) is 11.3 Å². The molecule has 0 atom stereocenters. The van der Waals surface area contributed by atoms with Crippen LogP contribution >= 0.6 is 0 Å². The zero-order chi connectivity index (χ0) is 12.2. The molecule has 0 radical (unpaired) electrons. The highest BCUT2D eigenvalue weighted by atomic mass is 16.6. The molecule has 0 aliphatic heterocycles. The monoisotopic (exact) mass is 223 g/mol. The SMILES string of the molecule is COCc1ccc(C(=O)OC(C)(C)C)nc1. The maximum Gasteiger partial charge on any atom is 0.357 e. The first-order valence-electron chi connectivity index (χ1n) is 5.09. The van der Waals surface area contributed by atoms with Crippen molar-refractivity contribution in [3.63, 3.8) is 0 Å². The molecule has 1 rings (SSSR count). The molecule has 1 aromatic heterocycles. The predicted octanol–water partition coefficient (Wildman–Crippen LogP) is 2.18. The Morgan fingerprint density at radius 3 is 2.50 bits per heavy atom. The average Bonchev–Trinajstić information content (AvgIpc) is 2.16. The number of rotatable bonds is 3. The second kappa shape index (κ2) is 5.07. The number of nitrogens with zero attached hydrogens (tertiary/aromatic N) is 1. The van der Waals surface area contributed by atoms with Crippen molar-refractivity contribution in [2.24, 2.45) is 0 Å². The minimum Gasteiger partial charge on any atom is -0.455 e. The average molecular weight is 223 g/mol. The number of pyridine rings is 1. The van der Waals surface area contributed by atoms with E-state index >= 15 is 0 Å². The number of methoxy groups -OCH3 is 1. The van der Waals surface area contributed by atoms with Crippen molar-refractivity contribution in [2.45, 2.75) is 33.0 Å². The summed E-state index contributed by atoms with van der Waals surface area (Å²) in [5, 5.41) is 0. The fraction of sp³-hybridized carbons (Fsp3) is 0.500. The van der Waals surface area contributed by atoms with Crippen LogP contribution in [-0.4, -0.2) is 23.7 Å². The summed E-state index contributed by atoms with van der Waals surface area (Å²) in [5.74, 6) is -0.406. The molecule has 0 aliphatic rings. The second-order valence-electron chi connectivity index (χ2n) is 4.49. The Bertz CT molecular complexity index is 352. The molecule has 0 spiro atoms. The van der Waals surface area contributed by atoms with Crippen LogP contribution in [-0.2, 0) is 16.1 Å². The van der Waals surface area contributed by atoms with Crippen molar-refractivity contribution < 1.29 is 14.3 Å². The van der Waals surface area contributed by atoms with E-state index in [1.807, 2.05) is 20.8 Å². The molecule has 0 aromatic carbocycles. The van der Waals surface area contributed by atoms with Crippen molar-refractivity contribution in [3.8, 4) is 0 Å². The molecule has 0 fully saturated rings. The molecular weight excluding hydrogens is 206 g/mol. The topological polar surface area (TPSA) is 48.4 Å². The molecule has 1 aromatic rings. The molecule has 0 saturated heterocycles. The fourth-order valence-corrected chi connectivity index (χ4v) is 1.13. The Morgan fingerprint density at radius 2 is 2.06 bits per heavy atom. The highest BCUT2D eigenvalue weighted by Crippen LogP contribution is 2.11. The molecule has 0 amide bonds. The summed E-state index contributed by atoms with van der Waals surface area (Å²) in [5.41, 5.74) is 0.744. The first kappa shape index (κ1) is 12.6. The quantitative estimate of drug-likeness (QED) is 0.737. The Labute approximate surface area is 95.6 Å². The zero-order valence-corrected chi connectivity index (χ0v) is 10.1. The Balaban J connectivity index is 2.70. The van der Waals surface area contributed by atoms with Gasteiger partial charge in [-0.25, -0.2) is 9.78 Å². The Kier molecular flexibility index (Phi) is 4.01. The van der Waals surface area contributed by atoms with Crippen LogP contribution in [0.15, 0.2) is 18.3 Å². The van der Waals surface area contributed by atoms with Gasteiger partial charge in [-0.1, -0.05) is 6.07 Å². The Hall–Kier alpha value is -1.42. The molecule has 4 heteroatoms. The highest BCUT2D eigenvalue weighted by Gasteiger charge is 2.18. The van der Waals surface area contributed by atoms with Crippen LogP contribution in [0.2, 0.25) is 0 Å². The minimum atomic E-state index is -0.496. The van der Waals surface area contributed by atoms with Crippen LogP contribution in [0.25, 0.3) is 0 Å². The normalized spacial score (nSPS) is 11.2. The summed E-state index contributed by atoms with van der Waals surface area (Å²) < 4.78 is 10.1. The van der Waals surface area contributed by atoms with Crippen molar-refractivity contribution in [1.82, 2.24) is 4.98 Å². The van der Waals surface area contributed by atoms with Gasteiger partial charge < -0.3 is 9.47 Å². The maximum atomic E-state index is 11.6. The highest BCUT2D eigenvalue weighted by molar-refractivity contribution is 5.87. The van der Waals surface area contributed by atoms with Gasteiger partial charge in [0, 0.05) is 13.3 Å². The van der Waals surface area contributed by atoms with Crippen molar-refractivity contribution in [2.75, 3.05) is 7.11 Å². The first-order valence-corrected chi connectivity index (χ1v) is 5.09. The molecule has 16 heavy (non-hydrogen) atoms. The minimum absolute atomic E-state index is 0.315. The number of carbonyl (C=O) groups excluding carboxylic acids is 1. The lowest BCUT2D eigenvalue weighted by atomic mass is 10.2. The number of aromatic nitrogens is 1. The van der Waals surface area contributed by atoms with Crippen LogP contribution in [0, 0.1) is 0 Å². The van der Waals surface area contributed by atoms with Crippen molar-refractivity contribution >= 4 is 5.97 Å². The summed E-state index contributed by atoms with van der Waals surface area (Å²) >= 11 is 0. The molecule has 0 unspecified atom stereocenters. The molecule has 0 N–H and O–H groups in total. The lowest BCUT2D eigenvalue weighted by Gasteiger charge is -2.19. The van der Waals surface area contributed by atoms with Gasteiger partial charge >= 0.3 is 5.97 Å². The van der Waals surface area contributed by atoms with E-state index in [9.17, 15) is 4.79 Å². The van der Waals surface area contributed by atoms with Crippen LogP contribution in [0.1, 0.15) is 36.8 Å². The number of carbonyl (C=O) groups is 1. The summed E-state index contributed by atoms with van der Waals surface area (Å²) in [6.07, 6.45) is 1.61. The van der Waals surface area contributed by atoms with Gasteiger partial charge in [-0.2, -0.15) is 0 Å². The Morgan fingerprint density at radius 1 is 1.38 bits per heavy atom. The van der Waals surface area contributed by atoms with Gasteiger partial charge in [0.15, 0.2) is 0 Å². The van der Waals surface area contributed by atoms with Crippen LogP contribution < -0.4 is 0 Å². The van der Waals surface area contributed by atoms with E-state index in [-0.39, 0.29) is 0 Å². The molecule has 4 nitrogen and oxygen atoms in total. The van der Waals surface area contributed by atoms with Gasteiger partial charge in [-0.05, 0) is 32.4 Å². The van der Waals surface area contributed by atoms with E-state index in [1.54, 1.807) is 25.4 Å². The van der Waals surface area contributed by atoms with Crippen LogP contribution in [0.3, 0.4) is 0 Å². The van der Waals surface area contributed by atoms with E-state index in [0.29, 0.717) is 12.3 Å². The first-order chi connectivity index (χ1) is 7.42. The van der Waals surface area contributed by atoms with Gasteiger partial charge in [0.2, 0.25) is 0 Å². The zero-order valence-electron chi connectivity index (χ0n) is 10.1. The fourth-order valence-electron chi connectivity index (χ4n) is 1.13. The molecule has 0 bridgehead atoms. The largest absolute Gasteiger partial charge is 0.455 e. The summed E-state index contributed by atoms with van der Waals surface area (Å²) in [7, 11) is 1.61. The number of esters is 1. The lowest BCUT2D eigenvalue weighted by Crippen LogP contribution is -2.24. The van der Waals surface area contributed by atoms with E-state index in [4.69, 9.17) is 9.47 Å². The molecular formula is C12H17NO3. The molecule has 1 heterocycles. The van der Waals surface area contributed by atoms with E-state index in [2.05, 4.69) is 4.98 Å². The predicted molar refractivity (Wildman–Crippen MR) is 60.1 cm³/mol. The van der Waals surface area contributed by atoms with Crippen molar-refractivity contribution in [3.05, 3.63) is 29.6 Å². The third-order valence-electron chi connectivity index (χ3n) is 1.74. The number of hydrogen-bond acceptors (Lipinski definition) is 4. The third-order valence-corrected chi connectivity index (χ3v) is 1.74. The molecule has 0 saturated carbocycles.